The number of hydrogen-bond donors (Lipinski definition) is 0. The van der Waals surface area contributed by atoms with E-state index in [4.69, 9.17) is 9.97 Å². The fourth-order valence-corrected chi connectivity index (χ4v) is 12.1. The van der Waals surface area contributed by atoms with E-state index in [1.165, 1.54) is 65.2 Å². The minimum atomic E-state index is 0.900. The van der Waals surface area contributed by atoms with Gasteiger partial charge >= 0.3 is 0 Å². The maximum atomic E-state index is 4.97. The molecule has 6 nitrogen and oxygen atoms in total. The van der Waals surface area contributed by atoms with Crippen LogP contribution in [-0.2, 0) is 0 Å². The Hall–Kier alpha value is -9.52. The molecule has 0 atom stereocenters. The van der Waals surface area contributed by atoms with E-state index in [0.29, 0.717) is 0 Å². The van der Waals surface area contributed by atoms with E-state index in [0.717, 1.165) is 77.4 Å². The second-order valence-corrected chi connectivity index (χ2v) is 18.6. The van der Waals surface area contributed by atoms with Crippen molar-refractivity contribution in [3.05, 3.63) is 231 Å². The first-order chi connectivity index (χ1) is 34.7. The Labute approximate surface area is 399 Å². The number of para-hydroxylation sites is 6. The zero-order valence-corrected chi connectivity index (χ0v) is 37.6. The van der Waals surface area contributed by atoms with Crippen molar-refractivity contribution in [3.63, 3.8) is 0 Å². The molecular formula is C64H38N6. The van der Waals surface area contributed by atoms with Crippen LogP contribution in [0.25, 0.3) is 143 Å². The molecule has 0 N–H and O–H groups in total. The van der Waals surface area contributed by atoms with E-state index >= 15 is 0 Å². The first kappa shape index (κ1) is 37.6. The molecule has 16 aromatic rings. The van der Waals surface area contributed by atoms with Crippen molar-refractivity contribution in [1.82, 2.24) is 28.2 Å². The van der Waals surface area contributed by atoms with Gasteiger partial charge in [-0.2, -0.15) is 0 Å². The van der Waals surface area contributed by atoms with Crippen LogP contribution < -0.4 is 0 Å². The summed E-state index contributed by atoms with van der Waals surface area (Å²) in [6, 6.07) is 80.1. The van der Waals surface area contributed by atoms with Crippen molar-refractivity contribution in [2.75, 3.05) is 0 Å². The summed E-state index contributed by atoms with van der Waals surface area (Å²) < 4.78 is 9.67. The first-order valence-electron chi connectivity index (χ1n) is 23.9. The maximum absolute atomic E-state index is 4.97. The van der Waals surface area contributed by atoms with Gasteiger partial charge in [0.15, 0.2) is 0 Å². The number of aromatic nitrogens is 6. The molecule has 0 amide bonds. The van der Waals surface area contributed by atoms with E-state index < -0.39 is 0 Å². The van der Waals surface area contributed by atoms with Crippen molar-refractivity contribution < 1.29 is 0 Å². The summed E-state index contributed by atoms with van der Waals surface area (Å²) >= 11 is 0. The highest BCUT2D eigenvalue weighted by atomic mass is 15.0. The molecule has 324 valence electrons. The van der Waals surface area contributed by atoms with Gasteiger partial charge in [0.2, 0.25) is 0 Å². The zero-order chi connectivity index (χ0) is 45.6. The smallest absolute Gasteiger partial charge is 0.0971 e. The summed E-state index contributed by atoms with van der Waals surface area (Å²) in [5.74, 6) is 0. The second kappa shape index (κ2) is 14.0. The highest BCUT2D eigenvalue weighted by molar-refractivity contribution is 6.24. The lowest BCUT2D eigenvalue weighted by molar-refractivity contribution is 1.17. The molecule has 5 aromatic heterocycles. The van der Waals surface area contributed by atoms with Gasteiger partial charge in [-0.05, 0) is 108 Å². The highest BCUT2D eigenvalue weighted by Crippen LogP contribution is 2.42. The minimum absolute atomic E-state index is 0.900. The molecule has 5 heterocycles. The van der Waals surface area contributed by atoms with Gasteiger partial charge in [-0.1, -0.05) is 121 Å². The Balaban J connectivity index is 0.915. The zero-order valence-electron chi connectivity index (χ0n) is 37.6. The largest absolute Gasteiger partial charge is 0.309 e. The standard InChI is InChI=1S/C64H38N6/c1-7-19-55-43(13-1)44-14-2-8-20-56(44)67(55)41-27-31-61-53(37-41)47-17-5-11-23-59(47)69(61)39-25-29-49-51(35-39)52-36-40(26-30-50(52)64-63(49)65-33-34-66-64)70-60-24-12-6-18-48(60)54-38-42(28-32-62(54)70)68-57-21-9-3-15-45(57)46-16-4-10-22-58(46)68/h1-38H. The summed E-state index contributed by atoms with van der Waals surface area (Å²) in [5.41, 5.74) is 15.7. The van der Waals surface area contributed by atoms with Gasteiger partial charge in [-0.25, -0.2) is 0 Å². The van der Waals surface area contributed by atoms with Crippen molar-refractivity contribution in [2.24, 2.45) is 0 Å². The molecular weight excluding hydrogens is 853 g/mol. The van der Waals surface area contributed by atoms with Crippen LogP contribution in [0.1, 0.15) is 0 Å². The lowest BCUT2D eigenvalue weighted by atomic mass is 9.98. The fourth-order valence-electron chi connectivity index (χ4n) is 12.1. The van der Waals surface area contributed by atoms with Crippen LogP contribution in [0.5, 0.6) is 0 Å². The molecule has 6 heteroatoms. The van der Waals surface area contributed by atoms with Crippen LogP contribution in [-0.4, -0.2) is 28.2 Å². The molecule has 11 aromatic carbocycles. The summed E-state index contributed by atoms with van der Waals surface area (Å²) in [6.07, 6.45) is 3.62. The molecule has 0 aliphatic heterocycles. The first-order valence-corrected chi connectivity index (χ1v) is 23.9. The highest BCUT2D eigenvalue weighted by Gasteiger charge is 2.21. The van der Waals surface area contributed by atoms with Crippen LogP contribution in [0.2, 0.25) is 0 Å². The van der Waals surface area contributed by atoms with Gasteiger partial charge in [-0.15, -0.1) is 0 Å². The van der Waals surface area contributed by atoms with E-state index in [9.17, 15) is 0 Å². The van der Waals surface area contributed by atoms with Gasteiger partial charge in [0, 0.05) is 89.0 Å². The third-order valence-corrected chi connectivity index (χ3v) is 15.0. The van der Waals surface area contributed by atoms with Crippen molar-refractivity contribution >= 4 is 120 Å². The number of hydrogen-bond acceptors (Lipinski definition) is 2. The Morgan fingerprint density at radius 3 is 0.757 bits per heavy atom. The third-order valence-electron chi connectivity index (χ3n) is 15.0. The number of rotatable bonds is 4. The molecule has 0 fully saturated rings. The number of benzene rings is 11. The summed E-state index contributed by atoms with van der Waals surface area (Å²) in [6.45, 7) is 0. The van der Waals surface area contributed by atoms with Gasteiger partial charge in [0.1, 0.15) is 0 Å². The second-order valence-electron chi connectivity index (χ2n) is 18.6. The molecule has 0 bridgehead atoms. The van der Waals surface area contributed by atoms with E-state index in [2.05, 4.69) is 237 Å². The van der Waals surface area contributed by atoms with Crippen LogP contribution in [0.4, 0.5) is 0 Å². The average Bonchev–Trinajstić information content (AvgIpc) is 4.15. The number of nitrogens with zero attached hydrogens (tertiary/aromatic N) is 6. The van der Waals surface area contributed by atoms with Crippen LogP contribution in [0.15, 0.2) is 231 Å². The van der Waals surface area contributed by atoms with Crippen LogP contribution in [0, 0.1) is 0 Å². The lowest BCUT2D eigenvalue weighted by Gasteiger charge is -2.15. The number of fused-ring (bicyclic) bond motifs is 18. The normalized spacial score (nSPS) is 12.3. The quantitative estimate of drug-likeness (QED) is 0.165. The Kier molecular flexibility index (Phi) is 7.52. The van der Waals surface area contributed by atoms with Crippen LogP contribution in [0.3, 0.4) is 0 Å². The third kappa shape index (κ3) is 5.06. The molecule has 0 aliphatic rings. The van der Waals surface area contributed by atoms with E-state index in [1.807, 2.05) is 12.4 Å². The van der Waals surface area contributed by atoms with Gasteiger partial charge < -0.3 is 18.3 Å². The molecule has 0 aliphatic carbocycles. The Bertz CT molecular complexity index is 4490. The van der Waals surface area contributed by atoms with E-state index in [-0.39, 0.29) is 0 Å². The van der Waals surface area contributed by atoms with Crippen LogP contribution >= 0.6 is 0 Å². The fraction of sp³-hybridized carbons (Fsp3) is 0. The lowest BCUT2D eigenvalue weighted by Crippen LogP contribution is -1.98. The molecule has 0 radical (unpaired) electrons. The Morgan fingerprint density at radius 1 is 0.200 bits per heavy atom. The molecule has 70 heavy (non-hydrogen) atoms. The molecule has 0 spiro atoms. The average molecular weight is 891 g/mol. The summed E-state index contributed by atoms with van der Waals surface area (Å²) in [4.78, 5) is 9.94. The molecule has 0 unspecified atom stereocenters. The minimum Gasteiger partial charge on any atom is -0.309 e. The Morgan fingerprint density at radius 2 is 0.443 bits per heavy atom. The molecule has 16 rings (SSSR count). The monoisotopic (exact) mass is 890 g/mol. The predicted molar refractivity (Wildman–Crippen MR) is 292 cm³/mol. The summed E-state index contributed by atoms with van der Waals surface area (Å²) in [7, 11) is 0. The van der Waals surface area contributed by atoms with Gasteiger partial charge in [0.25, 0.3) is 0 Å². The maximum Gasteiger partial charge on any atom is 0.0971 e. The van der Waals surface area contributed by atoms with Crippen molar-refractivity contribution in [2.45, 2.75) is 0 Å². The van der Waals surface area contributed by atoms with Gasteiger partial charge in [-0.3, -0.25) is 9.97 Å². The van der Waals surface area contributed by atoms with E-state index in [1.54, 1.807) is 0 Å². The van der Waals surface area contributed by atoms with Crippen molar-refractivity contribution in [1.29, 1.82) is 0 Å². The summed E-state index contributed by atoms with van der Waals surface area (Å²) in [5, 5.41) is 14.3. The topological polar surface area (TPSA) is 45.5 Å². The molecule has 0 saturated heterocycles. The van der Waals surface area contributed by atoms with Crippen molar-refractivity contribution in [3.8, 4) is 22.7 Å². The SMILES string of the molecule is c1ccc2c(c1)c1ccccc1n2-c1ccc2c(c1)c1ccccc1n2-c1ccc2c(c1)c1cc(-n3c4ccccc4c4cc(-n5c6ccccc6c6ccccc65)ccc43)ccc1c1nccnc21. The molecule has 0 saturated carbocycles. The predicted octanol–water partition coefficient (Wildman–Crippen LogP) is 16.3. The van der Waals surface area contributed by atoms with Gasteiger partial charge in [0.05, 0.1) is 55.2 Å².